The van der Waals surface area contributed by atoms with E-state index in [1.165, 1.54) is 48.5 Å². The van der Waals surface area contributed by atoms with Crippen molar-refractivity contribution in [2.24, 2.45) is 0 Å². The smallest absolute Gasteiger partial charge is 0.258 e. The van der Waals surface area contributed by atoms with Gasteiger partial charge in [0.2, 0.25) is 40.1 Å². The number of halogens is 4. The second-order valence-electron chi connectivity index (χ2n) is 29.5. The van der Waals surface area contributed by atoms with Gasteiger partial charge in [-0.25, -0.2) is 66.2 Å². The average molecular weight is 1790 g/mol. The van der Waals surface area contributed by atoms with Gasteiger partial charge in [0.05, 0.1) is 118 Å². The lowest BCUT2D eigenvalue weighted by molar-refractivity contribution is 0.101. The molecule has 4 fully saturated rings. The van der Waals surface area contributed by atoms with Crippen LogP contribution < -0.4 is 38.5 Å². The maximum atomic E-state index is 14.6. The van der Waals surface area contributed by atoms with Crippen molar-refractivity contribution in [1.29, 1.82) is 0 Å². The first-order valence-corrected chi connectivity index (χ1v) is 45.9. The van der Waals surface area contributed by atoms with Gasteiger partial charge in [0.15, 0.2) is 0 Å². The Kier molecular flexibility index (Phi) is 23.4. The van der Waals surface area contributed by atoms with E-state index >= 15 is 0 Å². The van der Waals surface area contributed by atoms with Crippen LogP contribution in [0.1, 0.15) is 41.4 Å². The standard InChI is InChI=1S/C24H18FN3O3S.3C23H17FN4O3S/c25-21-15-19(28-12-13-32(28,30)31)9-10-20(21)24(29)26-18-6-3-5-17(14-18)23-11-8-16-4-1-2-7-22(16)27-23;24-19-14-17(28-11-12-32(28,30)31)6-7-18(19)23(29)26-16-4-1-3-15(13-16)20-8-9-21-22(27-20)5-2-10-25-21;24-20-14-17(28-11-12-32(28,30)31)6-7-18(20)23(29)27-16-4-1-3-15(13-16)22-19-5-2-9-25-21(19)8-10-26-22;24-20-13-18(28-10-11-32(28,30)31)5-6-19(20)23(29)26-17-3-1-2-15(12-17)21-7-4-16-14-25-9-8-22(16)27-21/h1-11,14-15H,12-13H2,(H,26,29);1-10,13-14H,11-12H2,(H,26,29);1-10,13-14H,11-12H2,(H,27,29);1-9,12-14H,10-11H2,(H,26,29). The number of pyridine rings is 7. The van der Waals surface area contributed by atoms with Gasteiger partial charge in [0.25, 0.3) is 23.6 Å². The summed E-state index contributed by atoms with van der Waals surface area (Å²) in [4.78, 5) is 81.6. The van der Waals surface area contributed by atoms with E-state index in [4.69, 9.17) is 0 Å². The number of nitrogens with zero attached hydrogens (tertiary/aromatic N) is 11. The fourth-order valence-corrected chi connectivity index (χ4v) is 18.8. The predicted molar refractivity (Wildman–Crippen MR) is 484 cm³/mol. The number of amides is 4. The molecule has 35 heteroatoms. The average Bonchev–Trinajstić information content (AvgIpc) is 0.784. The van der Waals surface area contributed by atoms with Gasteiger partial charge in [-0.15, -0.1) is 0 Å². The van der Waals surface area contributed by atoms with Crippen LogP contribution in [0.25, 0.3) is 88.8 Å². The van der Waals surface area contributed by atoms with Gasteiger partial charge in [0, 0.05) is 118 Å². The highest BCUT2D eigenvalue weighted by Crippen LogP contribution is 2.36. The van der Waals surface area contributed by atoms with Gasteiger partial charge in [-0.3, -0.25) is 56.3 Å². The number of rotatable bonds is 16. The topological polar surface area (TPSA) is 356 Å². The number of hydrogen-bond donors (Lipinski definition) is 4. The van der Waals surface area contributed by atoms with Crippen LogP contribution >= 0.6 is 0 Å². The monoisotopic (exact) mass is 1790 g/mol. The Bertz CT molecular complexity index is 7140. The van der Waals surface area contributed by atoms with Crippen LogP contribution in [0.2, 0.25) is 0 Å². The van der Waals surface area contributed by atoms with E-state index in [9.17, 15) is 70.4 Å². The first kappa shape index (κ1) is 84.9. The number of carbonyl (C=O) groups is 4. The van der Waals surface area contributed by atoms with Gasteiger partial charge < -0.3 is 21.3 Å². The third kappa shape index (κ3) is 18.3. The fraction of sp³-hybridized carbons (Fsp3) is 0.0860. The van der Waals surface area contributed by atoms with Crippen molar-refractivity contribution in [2.75, 3.05) is 87.7 Å². The van der Waals surface area contributed by atoms with Crippen LogP contribution in [0, 0.1) is 23.3 Å². The second kappa shape index (κ2) is 35.4. The number of nitrogens with one attached hydrogen (secondary N) is 4. The molecular formula is C93H69F4N15O12S4. The van der Waals surface area contributed by atoms with E-state index in [2.05, 4.69) is 56.2 Å². The van der Waals surface area contributed by atoms with Crippen LogP contribution in [-0.4, -0.2) is 141 Å². The molecule has 0 radical (unpaired) electrons. The van der Waals surface area contributed by atoms with Crippen molar-refractivity contribution in [2.45, 2.75) is 0 Å². The van der Waals surface area contributed by atoms with Crippen molar-refractivity contribution in [1.82, 2.24) is 34.9 Å². The molecule has 128 heavy (non-hydrogen) atoms. The highest BCUT2D eigenvalue weighted by molar-refractivity contribution is 7.95. The number of carbonyl (C=O) groups excluding carboxylic acids is 4. The van der Waals surface area contributed by atoms with E-state index in [0.717, 1.165) is 125 Å². The van der Waals surface area contributed by atoms with Crippen molar-refractivity contribution < 1.29 is 70.4 Å². The molecule has 0 bridgehead atoms. The Balaban J connectivity index is 0.000000120. The molecule has 0 saturated carbocycles. The van der Waals surface area contributed by atoms with Crippen LogP contribution in [0.15, 0.2) is 298 Å². The number of anilines is 8. The summed E-state index contributed by atoms with van der Waals surface area (Å²) in [5.41, 5.74) is 12.2. The van der Waals surface area contributed by atoms with E-state index in [1.54, 1.807) is 104 Å². The maximum absolute atomic E-state index is 14.6. The first-order valence-electron chi connectivity index (χ1n) is 39.5. The maximum Gasteiger partial charge on any atom is 0.258 e. The van der Waals surface area contributed by atoms with Crippen LogP contribution in [0.3, 0.4) is 0 Å². The van der Waals surface area contributed by atoms with Crippen molar-refractivity contribution in [3.8, 4) is 45.0 Å². The summed E-state index contributed by atoms with van der Waals surface area (Å²) in [6.07, 6.45) is 8.49. The van der Waals surface area contributed by atoms with Gasteiger partial charge in [0.1, 0.15) is 23.3 Å². The zero-order chi connectivity index (χ0) is 89.2. The largest absolute Gasteiger partial charge is 0.322 e. The molecule has 16 aromatic rings. The first-order chi connectivity index (χ1) is 61.6. The molecule has 4 N–H and O–H groups in total. The summed E-state index contributed by atoms with van der Waals surface area (Å²) in [5, 5.41) is 13.6. The van der Waals surface area contributed by atoms with E-state index in [1.807, 2.05) is 121 Å². The molecule has 0 atom stereocenters. The zero-order valence-electron chi connectivity index (χ0n) is 66.9. The number of hydrogen-bond acceptors (Lipinski definition) is 19. The molecule has 4 aliphatic heterocycles. The Hall–Kier alpha value is -15.3. The summed E-state index contributed by atoms with van der Waals surface area (Å²) < 4.78 is 157. The quantitative estimate of drug-likeness (QED) is 0.0653. The molecule has 9 aromatic carbocycles. The Morgan fingerprint density at radius 2 is 0.641 bits per heavy atom. The lowest BCUT2D eigenvalue weighted by atomic mass is 10.1. The third-order valence-corrected chi connectivity index (χ3v) is 28.3. The Morgan fingerprint density at radius 1 is 0.289 bits per heavy atom. The van der Waals surface area contributed by atoms with Gasteiger partial charge in [-0.1, -0.05) is 72.8 Å². The predicted octanol–water partition coefficient (Wildman–Crippen LogP) is 16.0. The minimum atomic E-state index is -3.36. The van der Waals surface area contributed by atoms with Gasteiger partial charge in [-0.2, -0.15) is 0 Å². The second-order valence-corrected chi connectivity index (χ2v) is 37.5. The minimum Gasteiger partial charge on any atom is -0.322 e. The summed E-state index contributed by atoms with van der Waals surface area (Å²) in [6.45, 7) is 1.22. The SMILES string of the molecule is O=C(Nc1cccc(-c2ccc3ccccc3n2)c1)c1ccc(N2CCS2(=O)=O)cc1F.O=C(Nc1cccc(-c2ccc3cnccc3n2)c1)c1ccc(N2CCS2(=O)=O)cc1F.O=C(Nc1cccc(-c2ccc3ncccc3n2)c1)c1ccc(N2CCS2(=O)=O)cc1F.O=C(Nc1cccc(-c2nccc3ncccc23)c1)c1ccc(N2CCS2(=O)=O)cc1F. The molecule has 20 rings (SSSR count). The molecular weight excluding hydrogens is 1720 g/mol. The number of sulfonamides is 4. The van der Waals surface area contributed by atoms with E-state index < -0.39 is 87.0 Å². The lowest BCUT2D eigenvalue weighted by Crippen LogP contribution is -2.47. The molecule has 11 heterocycles. The van der Waals surface area contributed by atoms with Crippen molar-refractivity contribution in [3.05, 3.63) is 343 Å². The van der Waals surface area contributed by atoms with Crippen molar-refractivity contribution >= 4 is 153 Å². The number of para-hydroxylation sites is 1. The molecule has 4 saturated heterocycles. The number of benzene rings is 9. The third-order valence-electron chi connectivity index (χ3n) is 21.2. The van der Waals surface area contributed by atoms with Crippen molar-refractivity contribution in [3.63, 3.8) is 0 Å². The van der Waals surface area contributed by atoms with Crippen LogP contribution in [0.5, 0.6) is 0 Å². The lowest BCUT2D eigenvalue weighted by Gasteiger charge is -2.32. The molecule has 0 unspecified atom stereocenters. The molecule has 7 aromatic heterocycles. The summed E-state index contributed by atoms with van der Waals surface area (Å²) in [5.74, 6) is -5.52. The molecule has 0 aliphatic carbocycles. The normalized spacial score (nSPS) is 14.7. The summed E-state index contributed by atoms with van der Waals surface area (Å²) >= 11 is 0. The minimum absolute atomic E-state index is 0.0365. The van der Waals surface area contributed by atoms with Gasteiger partial charge in [-0.05, 0) is 194 Å². The highest BCUT2D eigenvalue weighted by atomic mass is 32.2. The number of fused-ring (bicyclic) bond motifs is 4. The Labute approximate surface area is 729 Å². The molecule has 4 amide bonds. The van der Waals surface area contributed by atoms with Crippen LogP contribution in [-0.2, 0) is 40.1 Å². The summed E-state index contributed by atoms with van der Waals surface area (Å²) in [6, 6.07) is 73.9. The van der Waals surface area contributed by atoms with E-state index in [0.29, 0.717) is 54.6 Å². The van der Waals surface area contributed by atoms with E-state index in [-0.39, 0.29) is 68.0 Å². The fourth-order valence-electron chi connectivity index (χ4n) is 14.4. The molecule has 27 nitrogen and oxygen atoms in total. The number of aromatic nitrogens is 7. The summed E-state index contributed by atoms with van der Waals surface area (Å²) in [7, 11) is -13.4. The molecule has 0 spiro atoms. The highest BCUT2D eigenvalue weighted by Gasteiger charge is 2.37. The zero-order valence-corrected chi connectivity index (χ0v) is 70.2. The van der Waals surface area contributed by atoms with Crippen LogP contribution in [0.4, 0.5) is 63.1 Å². The Morgan fingerprint density at radius 3 is 1.05 bits per heavy atom. The molecule has 640 valence electrons. The molecule has 4 aliphatic rings. The van der Waals surface area contributed by atoms with Gasteiger partial charge >= 0.3 is 0 Å².